The van der Waals surface area contributed by atoms with E-state index in [9.17, 15) is 0 Å². The number of aromatic nitrogens is 3. The van der Waals surface area contributed by atoms with Crippen LogP contribution in [0.5, 0.6) is 0 Å². The number of nitrogens with two attached hydrogens (primary N) is 1. The largest absolute Gasteiger partial charge is 0.346 e. The fourth-order valence-electron chi connectivity index (χ4n) is 1.80. The molecule has 0 saturated heterocycles. The van der Waals surface area contributed by atoms with Crippen LogP contribution in [0.4, 0.5) is 0 Å². The number of H-pyrrole nitrogens is 1. The molecule has 0 aromatic carbocycles. The first-order chi connectivity index (χ1) is 7.52. The molecule has 0 fully saturated rings. The van der Waals surface area contributed by atoms with E-state index < -0.39 is 0 Å². The van der Waals surface area contributed by atoms with E-state index in [-0.39, 0.29) is 5.41 Å². The van der Waals surface area contributed by atoms with Crippen LogP contribution in [0.15, 0.2) is 12.3 Å². The molecule has 2 heterocycles. The number of fused-ring (bicyclic) bond motifs is 1. The van der Waals surface area contributed by atoms with Gasteiger partial charge in [-0.25, -0.2) is 9.97 Å². The molecule has 16 heavy (non-hydrogen) atoms. The summed E-state index contributed by atoms with van der Waals surface area (Å²) in [6.45, 7) is 7.06. The van der Waals surface area contributed by atoms with Crippen LogP contribution < -0.4 is 5.73 Å². The summed E-state index contributed by atoms with van der Waals surface area (Å²) in [7, 11) is 0. The Kier molecular flexibility index (Phi) is 2.68. The second-order valence-electron chi connectivity index (χ2n) is 5.02. The van der Waals surface area contributed by atoms with E-state index in [4.69, 9.17) is 5.73 Å². The number of nitrogens with zero attached hydrogens (tertiary/aromatic N) is 2. The number of hydrogen-bond donors (Lipinski definition) is 2. The highest BCUT2D eigenvalue weighted by atomic mass is 15.0. The average molecular weight is 218 g/mol. The Morgan fingerprint density at radius 2 is 2.06 bits per heavy atom. The van der Waals surface area contributed by atoms with Gasteiger partial charge < -0.3 is 10.7 Å². The van der Waals surface area contributed by atoms with Gasteiger partial charge in [0.2, 0.25) is 0 Å². The predicted octanol–water partition coefficient (Wildman–Crippen LogP) is 1.76. The van der Waals surface area contributed by atoms with Crippen molar-refractivity contribution in [2.75, 3.05) is 6.54 Å². The van der Waals surface area contributed by atoms with E-state index in [1.54, 1.807) is 0 Å². The third-order valence-corrected chi connectivity index (χ3v) is 2.54. The minimum atomic E-state index is 0.0206. The lowest BCUT2D eigenvalue weighted by Crippen LogP contribution is -2.17. The molecule has 2 aromatic rings. The first-order valence-corrected chi connectivity index (χ1v) is 5.57. The van der Waals surface area contributed by atoms with Crippen LogP contribution in [0.25, 0.3) is 11.0 Å². The summed E-state index contributed by atoms with van der Waals surface area (Å²) in [5, 5.41) is 1.10. The van der Waals surface area contributed by atoms with E-state index in [0.717, 1.165) is 29.0 Å². The molecule has 4 nitrogen and oxygen atoms in total. The SMILES string of the molecule is CC(C)(C)c1nc(CCN)nc2[nH]ccc12. The van der Waals surface area contributed by atoms with Gasteiger partial charge in [0.1, 0.15) is 11.5 Å². The summed E-state index contributed by atoms with van der Waals surface area (Å²) in [5.74, 6) is 0.822. The van der Waals surface area contributed by atoms with Crippen molar-refractivity contribution in [3.05, 3.63) is 23.8 Å². The normalized spacial score (nSPS) is 12.2. The Hall–Kier alpha value is -1.42. The molecule has 0 aliphatic carbocycles. The summed E-state index contributed by atoms with van der Waals surface area (Å²) >= 11 is 0. The van der Waals surface area contributed by atoms with Gasteiger partial charge in [-0.3, -0.25) is 0 Å². The Balaban J connectivity index is 2.64. The van der Waals surface area contributed by atoms with Crippen molar-refractivity contribution in [2.45, 2.75) is 32.6 Å². The highest BCUT2D eigenvalue weighted by Gasteiger charge is 2.20. The lowest BCUT2D eigenvalue weighted by atomic mass is 9.90. The predicted molar refractivity (Wildman–Crippen MR) is 65.3 cm³/mol. The molecule has 0 bridgehead atoms. The maximum Gasteiger partial charge on any atom is 0.141 e. The molecule has 0 aliphatic rings. The Bertz CT molecular complexity index is 493. The zero-order valence-corrected chi connectivity index (χ0v) is 10.0. The van der Waals surface area contributed by atoms with Crippen molar-refractivity contribution in [3.63, 3.8) is 0 Å². The molecular weight excluding hydrogens is 200 g/mol. The fraction of sp³-hybridized carbons (Fsp3) is 0.500. The number of rotatable bonds is 2. The van der Waals surface area contributed by atoms with E-state index in [1.165, 1.54) is 0 Å². The highest BCUT2D eigenvalue weighted by Crippen LogP contribution is 2.27. The summed E-state index contributed by atoms with van der Waals surface area (Å²) in [5.41, 5.74) is 7.56. The average Bonchev–Trinajstić information content (AvgIpc) is 2.63. The van der Waals surface area contributed by atoms with Gasteiger partial charge in [0, 0.05) is 23.4 Å². The Labute approximate surface area is 95.3 Å². The van der Waals surface area contributed by atoms with Crippen molar-refractivity contribution in [3.8, 4) is 0 Å². The number of hydrogen-bond acceptors (Lipinski definition) is 3. The van der Waals surface area contributed by atoms with Gasteiger partial charge in [0.25, 0.3) is 0 Å². The third-order valence-electron chi connectivity index (χ3n) is 2.54. The van der Waals surface area contributed by atoms with Crippen LogP contribution >= 0.6 is 0 Å². The molecule has 0 radical (unpaired) electrons. The van der Waals surface area contributed by atoms with Gasteiger partial charge in [-0.2, -0.15) is 0 Å². The zero-order valence-electron chi connectivity index (χ0n) is 10.0. The minimum Gasteiger partial charge on any atom is -0.346 e. The standard InChI is InChI=1S/C12H18N4/c1-12(2,3)10-8-5-7-14-11(8)16-9(15-10)4-6-13/h5,7H,4,6,13H2,1-3H3,(H,14,15,16). The van der Waals surface area contributed by atoms with Crippen LogP contribution in [0.1, 0.15) is 32.3 Å². The second kappa shape index (κ2) is 3.87. The molecule has 4 heteroatoms. The topological polar surface area (TPSA) is 67.6 Å². The summed E-state index contributed by atoms with van der Waals surface area (Å²) in [6.07, 6.45) is 2.62. The molecule has 0 spiro atoms. The quantitative estimate of drug-likeness (QED) is 0.807. The van der Waals surface area contributed by atoms with Gasteiger partial charge in [0.05, 0.1) is 5.69 Å². The molecule has 86 valence electrons. The van der Waals surface area contributed by atoms with Gasteiger partial charge in [-0.05, 0) is 12.6 Å². The lowest BCUT2D eigenvalue weighted by Gasteiger charge is -2.19. The van der Waals surface area contributed by atoms with Crippen LogP contribution in [-0.2, 0) is 11.8 Å². The van der Waals surface area contributed by atoms with Crippen molar-refractivity contribution < 1.29 is 0 Å². The molecule has 0 unspecified atom stereocenters. The van der Waals surface area contributed by atoms with Gasteiger partial charge in [-0.15, -0.1) is 0 Å². The van der Waals surface area contributed by atoms with E-state index in [0.29, 0.717) is 6.54 Å². The summed E-state index contributed by atoms with van der Waals surface area (Å²) in [4.78, 5) is 12.2. The molecule has 0 aliphatic heterocycles. The Morgan fingerprint density at radius 1 is 1.31 bits per heavy atom. The monoisotopic (exact) mass is 218 g/mol. The van der Waals surface area contributed by atoms with Gasteiger partial charge >= 0.3 is 0 Å². The fourth-order valence-corrected chi connectivity index (χ4v) is 1.80. The molecule has 2 aromatic heterocycles. The van der Waals surface area contributed by atoms with Gasteiger partial charge in [-0.1, -0.05) is 20.8 Å². The van der Waals surface area contributed by atoms with Crippen LogP contribution in [0.2, 0.25) is 0 Å². The number of nitrogens with one attached hydrogen (secondary N) is 1. The minimum absolute atomic E-state index is 0.0206. The second-order valence-corrected chi connectivity index (χ2v) is 5.02. The van der Waals surface area contributed by atoms with Crippen molar-refractivity contribution in [1.82, 2.24) is 15.0 Å². The van der Waals surface area contributed by atoms with Crippen LogP contribution in [0, 0.1) is 0 Å². The molecule has 0 saturated carbocycles. The molecular formula is C12H18N4. The molecule has 0 amide bonds. The van der Waals surface area contributed by atoms with Crippen LogP contribution in [0.3, 0.4) is 0 Å². The van der Waals surface area contributed by atoms with E-state index >= 15 is 0 Å². The zero-order chi connectivity index (χ0) is 11.8. The van der Waals surface area contributed by atoms with E-state index in [1.807, 2.05) is 12.3 Å². The maximum atomic E-state index is 5.55. The van der Waals surface area contributed by atoms with Crippen molar-refractivity contribution in [2.24, 2.45) is 5.73 Å². The van der Waals surface area contributed by atoms with Gasteiger partial charge in [0.15, 0.2) is 0 Å². The van der Waals surface area contributed by atoms with Crippen LogP contribution in [-0.4, -0.2) is 21.5 Å². The molecule has 2 rings (SSSR count). The van der Waals surface area contributed by atoms with Crippen molar-refractivity contribution >= 4 is 11.0 Å². The summed E-state index contributed by atoms with van der Waals surface area (Å²) < 4.78 is 0. The Morgan fingerprint density at radius 3 is 2.69 bits per heavy atom. The molecule has 0 atom stereocenters. The first kappa shape index (κ1) is 11.1. The smallest absolute Gasteiger partial charge is 0.141 e. The molecule has 3 N–H and O–H groups in total. The van der Waals surface area contributed by atoms with E-state index in [2.05, 4.69) is 35.7 Å². The van der Waals surface area contributed by atoms with Crippen molar-refractivity contribution in [1.29, 1.82) is 0 Å². The maximum absolute atomic E-state index is 5.55. The lowest BCUT2D eigenvalue weighted by molar-refractivity contribution is 0.569. The summed E-state index contributed by atoms with van der Waals surface area (Å²) in [6, 6.07) is 2.03. The number of aromatic amines is 1. The highest BCUT2D eigenvalue weighted by molar-refractivity contribution is 5.79. The third kappa shape index (κ3) is 1.93. The first-order valence-electron chi connectivity index (χ1n) is 5.57.